The highest BCUT2D eigenvalue weighted by molar-refractivity contribution is 7.63. The topological polar surface area (TPSA) is 63.6 Å². The normalized spacial score (nSPS) is 20.9. The Morgan fingerprint density at radius 3 is 2.00 bits per heavy atom. The van der Waals surface area contributed by atoms with Crippen LogP contribution in [-0.2, 0) is 13.7 Å². The smallest absolute Gasteiger partial charge is 0.316 e. The van der Waals surface area contributed by atoms with Gasteiger partial charge in [-0.25, -0.2) is 0 Å². The summed E-state index contributed by atoms with van der Waals surface area (Å²) in [6.07, 6.45) is 4.42. The maximum Gasteiger partial charge on any atom is 0.316 e. The molecule has 0 radical (unpaired) electrons. The first-order chi connectivity index (χ1) is 6.83. The van der Waals surface area contributed by atoms with Crippen LogP contribution in [0.3, 0.4) is 0 Å². The summed E-state index contributed by atoms with van der Waals surface area (Å²) in [4.78, 5) is 8.13. The van der Waals surface area contributed by atoms with Crippen molar-refractivity contribution in [2.45, 2.75) is 26.7 Å². The van der Waals surface area contributed by atoms with Gasteiger partial charge in [0.1, 0.15) is 0 Å². The molecule has 0 aliphatic carbocycles. The molecular weight excluding hydrogens is 234 g/mol. The van der Waals surface area contributed by atoms with Crippen molar-refractivity contribution in [2.24, 2.45) is 5.92 Å². The Hall–Kier alpha value is 0.380. The molecule has 1 fully saturated rings. The summed E-state index contributed by atoms with van der Waals surface area (Å²) in [5, 5.41) is 0. The molecule has 1 aliphatic heterocycles. The summed E-state index contributed by atoms with van der Waals surface area (Å²) >= 11 is 0. The third-order valence-corrected chi connectivity index (χ3v) is 4.99. The summed E-state index contributed by atoms with van der Waals surface area (Å²) in [6, 6.07) is 0. The molecular formula is C9H22O4P2. The van der Waals surface area contributed by atoms with E-state index in [1.807, 2.05) is 20.5 Å². The molecule has 0 bridgehead atoms. The lowest BCUT2D eigenvalue weighted by atomic mass is 10.2. The lowest BCUT2D eigenvalue weighted by molar-refractivity contribution is 0.248. The van der Waals surface area contributed by atoms with Crippen molar-refractivity contribution in [1.29, 1.82) is 0 Å². The van der Waals surface area contributed by atoms with Crippen LogP contribution in [0.5, 0.6) is 0 Å². The number of hydrogen-bond donors (Lipinski definition) is 1. The van der Waals surface area contributed by atoms with E-state index in [1.165, 1.54) is 12.8 Å². The second-order valence-electron chi connectivity index (χ2n) is 4.42. The molecule has 1 atom stereocenters. The molecule has 1 heterocycles. The first kappa shape index (κ1) is 15.4. The molecule has 1 unspecified atom stereocenters. The lowest BCUT2D eigenvalue weighted by Gasteiger charge is -2.00. The van der Waals surface area contributed by atoms with Gasteiger partial charge in [-0.05, 0) is 25.4 Å². The van der Waals surface area contributed by atoms with Crippen molar-refractivity contribution in [3.05, 3.63) is 0 Å². The van der Waals surface area contributed by atoms with Crippen LogP contribution < -0.4 is 0 Å². The third kappa shape index (κ3) is 10.7. The highest BCUT2D eigenvalue weighted by Gasteiger charge is 2.19. The van der Waals surface area contributed by atoms with Gasteiger partial charge in [-0.3, -0.25) is 4.57 Å². The zero-order valence-electron chi connectivity index (χ0n) is 9.73. The summed E-state index contributed by atoms with van der Waals surface area (Å²) in [5.41, 5.74) is 0. The molecule has 1 saturated heterocycles. The average Bonchev–Trinajstić information content (AvgIpc) is 2.48. The van der Waals surface area contributed by atoms with Gasteiger partial charge >= 0.3 is 8.25 Å². The van der Waals surface area contributed by atoms with E-state index >= 15 is 0 Å². The van der Waals surface area contributed by atoms with Crippen molar-refractivity contribution in [3.63, 3.8) is 0 Å². The molecule has 92 valence electrons. The second-order valence-corrected chi connectivity index (χ2v) is 8.73. The van der Waals surface area contributed by atoms with Crippen LogP contribution in [0, 0.1) is 5.92 Å². The van der Waals surface area contributed by atoms with E-state index in [2.05, 4.69) is 4.52 Å². The van der Waals surface area contributed by atoms with Crippen LogP contribution in [0.4, 0.5) is 0 Å². The molecule has 1 rings (SSSR count). The molecule has 0 spiro atoms. The fourth-order valence-corrected chi connectivity index (χ4v) is 3.73. The molecule has 0 saturated carbocycles. The maximum atomic E-state index is 11.0. The fraction of sp³-hybridized carbons (Fsp3) is 1.00. The van der Waals surface area contributed by atoms with E-state index in [1.54, 1.807) is 0 Å². The monoisotopic (exact) mass is 256 g/mol. The summed E-state index contributed by atoms with van der Waals surface area (Å²) in [6.45, 7) is 6.13. The van der Waals surface area contributed by atoms with Crippen LogP contribution in [0.2, 0.25) is 0 Å². The minimum Gasteiger partial charge on any atom is -0.326 e. The van der Waals surface area contributed by atoms with E-state index in [-0.39, 0.29) is 0 Å². The molecule has 15 heavy (non-hydrogen) atoms. The van der Waals surface area contributed by atoms with Crippen LogP contribution in [0.1, 0.15) is 26.7 Å². The van der Waals surface area contributed by atoms with Gasteiger partial charge in [0.05, 0.1) is 13.7 Å². The predicted molar refractivity (Wildman–Crippen MR) is 64.5 cm³/mol. The van der Waals surface area contributed by atoms with Gasteiger partial charge in [0, 0.05) is 12.3 Å². The Labute approximate surface area is 92.7 Å². The van der Waals surface area contributed by atoms with E-state index in [0.29, 0.717) is 12.5 Å². The van der Waals surface area contributed by atoms with Crippen LogP contribution >= 0.6 is 15.4 Å². The van der Waals surface area contributed by atoms with E-state index in [4.69, 9.17) is 4.89 Å². The quantitative estimate of drug-likeness (QED) is 0.788. The van der Waals surface area contributed by atoms with Gasteiger partial charge in [0.15, 0.2) is 0 Å². The molecule has 0 amide bonds. The average molecular weight is 256 g/mol. The van der Waals surface area contributed by atoms with Gasteiger partial charge < -0.3 is 14.0 Å². The predicted octanol–water partition coefficient (Wildman–Crippen LogP) is 2.81. The Bertz CT molecular complexity index is 230. The summed E-state index contributed by atoms with van der Waals surface area (Å²) in [5.74, 6) is 0.330. The molecule has 1 aliphatic rings. The van der Waals surface area contributed by atoms with Gasteiger partial charge in [-0.15, -0.1) is 0 Å². The van der Waals surface area contributed by atoms with Crippen molar-refractivity contribution < 1.29 is 18.5 Å². The maximum absolute atomic E-state index is 11.0. The van der Waals surface area contributed by atoms with Crippen LogP contribution in [0.25, 0.3) is 0 Å². The van der Waals surface area contributed by atoms with Crippen molar-refractivity contribution in [3.8, 4) is 0 Å². The number of hydrogen-bond acceptors (Lipinski definition) is 3. The minimum absolute atomic E-state index is 0.330. The van der Waals surface area contributed by atoms with Gasteiger partial charge in [-0.2, -0.15) is 0 Å². The second kappa shape index (κ2) is 7.62. The largest absolute Gasteiger partial charge is 0.326 e. The highest BCUT2D eigenvalue weighted by atomic mass is 31.2. The summed E-state index contributed by atoms with van der Waals surface area (Å²) in [7, 11) is -4.22. The van der Waals surface area contributed by atoms with Gasteiger partial charge in [0.25, 0.3) is 0 Å². The molecule has 0 aromatic carbocycles. The third-order valence-electron chi connectivity index (χ3n) is 2.05. The zero-order chi connectivity index (χ0) is 11.9. The standard InChI is InChI=1S/C5H11OP.C4H11O3P/c1-7(6)4-2-3-5-7;1-4(2)3-7-8(5)6/h2-5H2,1H3;4,8H,3H2,1-2H3,(H,5,6). The Balaban J connectivity index is 0.000000262. The van der Waals surface area contributed by atoms with Gasteiger partial charge in [0.2, 0.25) is 0 Å². The van der Waals surface area contributed by atoms with E-state index in [0.717, 1.165) is 12.3 Å². The Morgan fingerprint density at radius 1 is 1.40 bits per heavy atom. The first-order valence-electron chi connectivity index (χ1n) is 5.25. The minimum atomic E-state index is -2.68. The van der Waals surface area contributed by atoms with E-state index < -0.39 is 15.4 Å². The molecule has 1 N–H and O–H groups in total. The fourth-order valence-electron chi connectivity index (χ4n) is 1.24. The van der Waals surface area contributed by atoms with Crippen LogP contribution in [0.15, 0.2) is 0 Å². The van der Waals surface area contributed by atoms with Crippen molar-refractivity contribution in [2.75, 3.05) is 25.6 Å². The first-order valence-corrected chi connectivity index (χ1v) is 9.03. The van der Waals surface area contributed by atoms with Crippen LogP contribution in [-0.4, -0.2) is 30.5 Å². The van der Waals surface area contributed by atoms with Crippen molar-refractivity contribution in [1.82, 2.24) is 0 Å². The molecule has 6 heteroatoms. The Kier molecular flexibility index (Phi) is 7.81. The molecule has 0 aromatic rings. The molecule has 4 nitrogen and oxygen atoms in total. The SMILES string of the molecule is CC(C)CO[PH](=O)O.CP1(=O)CCCC1. The zero-order valence-corrected chi connectivity index (χ0v) is 11.6. The van der Waals surface area contributed by atoms with Crippen molar-refractivity contribution >= 4 is 15.4 Å². The summed E-state index contributed by atoms with van der Waals surface area (Å²) < 4.78 is 25.3. The lowest BCUT2D eigenvalue weighted by Crippen LogP contribution is -1.95. The molecule has 0 aromatic heterocycles. The Morgan fingerprint density at radius 2 is 1.87 bits per heavy atom. The number of rotatable bonds is 3. The van der Waals surface area contributed by atoms with Gasteiger partial charge in [-0.1, -0.05) is 13.8 Å². The highest BCUT2D eigenvalue weighted by Crippen LogP contribution is 2.47. The van der Waals surface area contributed by atoms with E-state index in [9.17, 15) is 9.13 Å².